The zero-order valence-electron chi connectivity index (χ0n) is 11.7. The van der Waals surface area contributed by atoms with Crippen molar-refractivity contribution in [2.75, 3.05) is 6.54 Å². The zero-order chi connectivity index (χ0) is 17.0. The quantitative estimate of drug-likeness (QED) is 0.619. The number of carbonyl (C=O) groups is 1. The van der Waals surface area contributed by atoms with Crippen LogP contribution in [-0.2, 0) is 12.4 Å². The smallest absolute Gasteiger partial charge is 0.352 e. The van der Waals surface area contributed by atoms with Gasteiger partial charge in [0, 0.05) is 12.1 Å². The van der Waals surface area contributed by atoms with E-state index >= 15 is 0 Å². The summed E-state index contributed by atoms with van der Waals surface area (Å²) in [5, 5.41) is 2.32. The van der Waals surface area contributed by atoms with Gasteiger partial charge >= 0.3 is 12.4 Å². The normalized spacial score (nSPS) is 12.3. The average Bonchev–Trinajstić information content (AvgIpc) is 2.41. The Balaban J connectivity index is 3.05. The molecule has 8 heteroatoms. The van der Waals surface area contributed by atoms with E-state index in [0.717, 1.165) is 12.8 Å². The Kier molecular flexibility index (Phi) is 5.85. The summed E-state index contributed by atoms with van der Waals surface area (Å²) >= 11 is 0. The first kappa shape index (κ1) is 18.3. The summed E-state index contributed by atoms with van der Waals surface area (Å²) in [5.74, 6) is -0.951. The fraction of sp³-hybridized carbons (Fsp3) is 0.500. The molecule has 1 rings (SSSR count). The summed E-state index contributed by atoms with van der Waals surface area (Å²) in [5.41, 5.74) is -3.65. The number of benzene rings is 1. The van der Waals surface area contributed by atoms with Gasteiger partial charge in [0.2, 0.25) is 0 Å². The molecule has 0 aliphatic heterocycles. The van der Waals surface area contributed by atoms with Crippen LogP contribution in [-0.4, -0.2) is 12.5 Å². The maximum atomic E-state index is 12.7. The van der Waals surface area contributed by atoms with E-state index in [9.17, 15) is 31.1 Å². The monoisotopic (exact) mass is 327 g/mol. The average molecular weight is 327 g/mol. The lowest BCUT2D eigenvalue weighted by Gasteiger charge is -2.14. The SMILES string of the molecule is CCCCCNC(=O)c1cc(C(F)(F)F)cc(C(F)(F)F)c1. The molecule has 0 fully saturated rings. The molecule has 0 radical (unpaired) electrons. The highest BCUT2D eigenvalue weighted by Crippen LogP contribution is 2.36. The zero-order valence-corrected chi connectivity index (χ0v) is 11.7. The predicted octanol–water partition coefficient (Wildman–Crippen LogP) is 4.64. The van der Waals surface area contributed by atoms with E-state index < -0.39 is 35.0 Å². The number of hydrogen-bond donors (Lipinski definition) is 1. The highest BCUT2D eigenvalue weighted by atomic mass is 19.4. The highest BCUT2D eigenvalue weighted by Gasteiger charge is 2.37. The van der Waals surface area contributed by atoms with Gasteiger partial charge in [0.1, 0.15) is 0 Å². The van der Waals surface area contributed by atoms with Gasteiger partial charge in [-0.05, 0) is 24.6 Å². The van der Waals surface area contributed by atoms with Gasteiger partial charge in [-0.3, -0.25) is 4.79 Å². The Hall–Kier alpha value is -1.73. The van der Waals surface area contributed by atoms with Crippen LogP contribution in [0.25, 0.3) is 0 Å². The molecule has 22 heavy (non-hydrogen) atoms. The fourth-order valence-corrected chi connectivity index (χ4v) is 1.76. The number of carbonyl (C=O) groups excluding carboxylic acids is 1. The van der Waals surface area contributed by atoms with Crippen molar-refractivity contribution in [1.82, 2.24) is 5.32 Å². The van der Waals surface area contributed by atoms with Crippen LogP contribution in [0.1, 0.15) is 47.7 Å². The van der Waals surface area contributed by atoms with E-state index in [4.69, 9.17) is 0 Å². The van der Waals surface area contributed by atoms with E-state index in [1.54, 1.807) is 0 Å². The summed E-state index contributed by atoms with van der Waals surface area (Å²) < 4.78 is 75.9. The van der Waals surface area contributed by atoms with Gasteiger partial charge in [0.25, 0.3) is 5.91 Å². The van der Waals surface area contributed by atoms with Gasteiger partial charge < -0.3 is 5.32 Å². The van der Waals surface area contributed by atoms with Crippen molar-refractivity contribution in [3.63, 3.8) is 0 Å². The second kappa shape index (κ2) is 7.02. The minimum absolute atomic E-state index is 0.00609. The summed E-state index contributed by atoms with van der Waals surface area (Å²) in [4.78, 5) is 11.7. The predicted molar refractivity (Wildman–Crippen MR) is 68.3 cm³/mol. The summed E-state index contributed by atoms with van der Waals surface area (Å²) in [6, 6.07) is 0.836. The molecule has 1 amide bonds. The largest absolute Gasteiger partial charge is 0.416 e. The van der Waals surface area contributed by atoms with E-state index in [2.05, 4.69) is 5.32 Å². The second-order valence-electron chi connectivity index (χ2n) is 4.76. The van der Waals surface area contributed by atoms with Crippen LogP contribution in [0.3, 0.4) is 0 Å². The molecule has 0 aromatic heterocycles. The molecule has 2 nitrogen and oxygen atoms in total. The minimum atomic E-state index is -4.96. The Morgan fingerprint density at radius 1 is 0.955 bits per heavy atom. The van der Waals surface area contributed by atoms with Crippen molar-refractivity contribution >= 4 is 5.91 Å². The summed E-state index contributed by atoms with van der Waals surface area (Å²) in [6.07, 6.45) is -7.64. The van der Waals surface area contributed by atoms with E-state index in [-0.39, 0.29) is 12.6 Å². The number of hydrogen-bond acceptors (Lipinski definition) is 1. The Morgan fingerprint density at radius 2 is 1.45 bits per heavy atom. The fourth-order valence-electron chi connectivity index (χ4n) is 1.76. The lowest BCUT2D eigenvalue weighted by atomic mass is 10.0. The number of amides is 1. The number of nitrogens with one attached hydrogen (secondary N) is 1. The third-order valence-electron chi connectivity index (χ3n) is 2.92. The molecule has 0 atom stereocenters. The van der Waals surface area contributed by atoms with E-state index in [0.29, 0.717) is 18.6 Å². The van der Waals surface area contributed by atoms with Gasteiger partial charge in [0.05, 0.1) is 11.1 Å². The van der Waals surface area contributed by atoms with Gasteiger partial charge in [-0.2, -0.15) is 26.3 Å². The van der Waals surface area contributed by atoms with E-state index in [1.165, 1.54) is 0 Å². The third kappa shape index (κ3) is 5.23. The van der Waals surface area contributed by atoms with Crippen molar-refractivity contribution < 1.29 is 31.1 Å². The van der Waals surface area contributed by atoms with Crippen LogP contribution in [0.4, 0.5) is 26.3 Å². The molecule has 0 heterocycles. The molecule has 1 N–H and O–H groups in total. The van der Waals surface area contributed by atoms with Gasteiger partial charge in [-0.1, -0.05) is 19.8 Å². The highest BCUT2D eigenvalue weighted by molar-refractivity contribution is 5.94. The van der Waals surface area contributed by atoms with Crippen LogP contribution in [0.15, 0.2) is 18.2 Å². The van der Waals surface area contributed by atoms with Crippen LogP contribution in [0, 0.1) is 0 Å². The van der Waals surface area contributed by atoms with Crippen molar-refractivity contribution in [1.29, 1.82) is 0 Å². The van der Waals surface area contributed by atoms with Crippen LogP contribution in [0.2, 0.25) is 0 Å². The molecule has 0 aliphatic rings. The molecule has 0 unspecified atom stereocenters. The molecule has 0 aliphatic carbocycles. The Bertz CT molecular complexity index is 489. The molecule has 1 aromatic carbocycles. The van der Waals surface area contributed by atoms with Gasteiger partial charge in [-0.25, -0.2) is 0 Å². The lowest BCUT2D eigenvalue weighted by Crippen LogP contribution is -2.25. The first-order chi connectivity index (χ1) is 10.1. The number of alkyl halides is 6. The summed E-state index contributed by atoms with van der Waals surface area (Å²) in [7, 11) is 0. The third-order valence-corrected chi connectivity index (χ3v) is 2.92. The molecular formula is C14H15F6NO. The molecular weight excluding hydrogens is 312 g/mol. The topological polar surface area (TPSA) is 29.1 Å². The van der Waals surface area contributed by atoms with Crippen LogP contribution >= 0.6 is 0 Å². The lowest BCUT2D eigenvalue weighted by molar-refractivity contribution is -0.143. The maximum Gasteiger partial charge on any atom is 0.416 e. The number of unbranched alkanes of at least 4 members (excludes halogenated alkanes) is 2. The van der Waals surface area contributed by atoms with Crippen LogP contribution < -0.4 is 5.32 Å². The molecule has 0 saturated heterocycles. The molecule has 124 valence electrons. The Morgan fingerprint density at radius 3 is 1.86 bits per heavy atom. The Labute approximate surface area is 123 Å². The van der Waals surface area contributed by atoms with Crippen molar-refractivity contribution in [3.05, 3.63) is 34.9 Å². The second-order valence-corrected chi connectivity index (χ2v) is 4.76. The first-order valence-electron chi connectivity index (χ1n) is 6.63. The van der Waals surface area contributed by atoms with Gasteiger partial charge in [0.15, 0.2) is 0 Å². The number of rotatable bonds is 5. The minimum Gasteiger partial charge on any atom is -0.352 e. The molecule has 0 bridgehead atoms. The number of halogens is 6. The molecule has 0 spiro atoms. The first-order valence-corrected chi connectivity index (χ1v) is 6.63. The maximum absolute atomic E-state index is 12.7. The molecule has 0 saturated carbocycles. The van der Waals surface area contributed by atoms with Gasteiger partial charge in [-0.15, -0.1) is 0 Å². The summed E-state index contributed by atoms with van der Waals surface area (Å²) in [6.45, 7) is 2.12. The van der Waals surface area contributed by atoms with E-state index in [1.807, 2.05) is 6.92 Å². The van der Waals surface area contributed by atoms with Crippen molar-refractivity contribution in [2.24, 2.45) is 0 Å². The van der Waals surface area contributed by atoms with Crippen molar-refractivity contribution in [2.45, 2.75) is 38.5 Å². The van der Waals surface area contributed by atoms with Crippen molar-refractivity contribution in [3.8, 4) is 0 Å². The molecule has 1 aromatic rings. The standard InChI is InChI=1S/C14H15F6NO/c1-2-3-4-5-21-12(22)9-6-10(13(15,16)17)8-11(7-9)14(18,19)20/h6-8H,2-5H2,1H3,(H,21,22). The van der Waals surface area contributed by atoms with Crippen LogP contribution in [0.5, 0.6) is 0 Å².